The van der Waals surface area contributed by atoms with Crippen LogP contribution in [-0.4, -0.2) is 20.4 Å². The Morgan fingerprint density at radius 2 is 2.08 bits per heavy atom. The van der Waals surface area contributed by atoms with Crippen LogP contribution < -0.4 is 5.32 Å². The lowest BCUT2D eigenvalue weighted by atomic mass is 10.2. The summed E-state index contributed by atoms with van der Waals surface area (Å²) in [5.74, 6) is 0. The van der Waals surface area contributed by atoms with Crippen LogP contribution in [0.5, 0.6) is 0 Å². The monoisotopic (exact) mass is 259 g/mol. The molecule has 72 valence electrons. The van der Waals surface area contributed by atoms with Crippen LogP contribution in [0.4, 0.5) is 5.69 Å². The molecule has 3 heteroatoms. The Hall–Kier alpha value is -0.0700. The molecule has 0 spiro atoms. The van der Waals surface area contributed by atoms with E-state index in [-0.39, 0.29) is 7.92 Å². The van der Waals surface area contributed by atoms with Crippen molar-refractivity contribution >= 4 is 29.5 Å². The second-order valence-electron chi connectivity index (χ2n) is 3.29. The molecule has 0 unspecified atom stereocenters. The summed E-state index contributed by atoms with van der Waals surface area (Å²) in [7, 11) is 2.11. The van der Waals surface area contributed by atoms with Gasteiger partial charge >= 0.3 is 0 Å². The second kappa shape index (κ2) is 4.97. The van der Waals surface area contributed by atoms with Crippen LogP contribution in [0.1, 0.15) is 5.56 Å². The van der Waals surface area contributed by atoms with Gasteiger partial charge in [-0.1, -0.05) is 22.0 Å². The van der Waals surface area contributed by atoms with Crippen LogP contribution in [0, 0.1) is 0 Å². The fraction of sp³-hybridized carbons (Fsp3) is 0.400. The van der Waals surface area contributed by atoms with E-state index in [1.165, 1.54) is 17.4 Å². The molecule has 0 amide bonds. The first kappa shape index (κ1) is 11.0. The third kappa shape index (κ3) is 3.28. The van der Waals surface area contributed by atoms with Crippen LogP contribution in [0.25, 0.3) is 0 Å². The molecule has 13 heavy (non-hydrogen) atoms. The fourth-order valence-electron chi connectivity index (χ4n) is 1.26. The van der Waals surface area contributed by atoms with Crippen molar-refractivity contribution in [2.75, 3.05) is 25.7 Å². The van der Waals surface area contributed by atoms with E-state index in [0.29, 0.717) is 0 Å². The van der Waals surface area contributed by atoms with Crippen LogP contribution in [0.15, 0.2) is 22.7 Å². The van der Waals surface area contributed by atoms with E-state index in [9.17, 15) is 0 Å². The van der Waals surface area contributed by atoms with E-state index in [1.54, 1.807) is 0 Å². The smallest absolute Gasteiger partial charge is 0.0385 e. The highest BCUT2D eigenvalue weighted by Crippen LogP contribution is 2.34. The summed E-state index contributed by atoms with van der Waals surface area (Å²) < 4.78 is 1.14. The highest BCUT2D eigenvalue weighted by molar-refractivity contribution is 9.10. The molecule has 1 nitrogen and oxygen atoms in total. The van der Waals surface area contributed by atoms with Crippen molar-refractivity contribution in [2.24, 2.45) is 0 Å². The van der Waals surface area contributed by atoms with Gasteiger partial charge in [-0.05, 0) is 37.2 Å². The summed E-state index contributed by atoms with van der Waals surface area (Å²) in [6.07, 6.45) is 1.19. The highest BCUT2D eigenvalue weighted by Gasteiger charge is 2.03. The topological polar surface area (TPSA) is 12.0 Å². The Morgan fingerprint density at radius 1 is 1.38 bits per heavy atom. The van der Waals surface area contributed by atoms with E-state index < -0.39 is 0 Å². The number of anilines is 1. The predicted octanol–water partition coefficient (Wildman–Crippen LogP) is 3.73. The minimum Gasteiger partial charge on any atom is -0.388 e. The Labute approximate surface area is 89.8 Å². The summed E-state index contributed by atoms with van der Waals surface area (Å²) >= 11 is 3.47. The molecule has 0 bridgehead atoms. The lowest BCUT2D eigenvalue weighted by Gasteiger charge is -2.11. The SMILES string of the molecule is CNc1cc(Br)ccc1CP(C)C. The third-order valence-corrected chi connectivity index (χ3v) is 3.29. The van der Waals surface area contributed by atoms with Gasteiger partial charge in [-0.25, -0.2) is 0 Å². The van der Waals surface area contributed by atoms with Crippen molar-refractivity contribution in [3.05, 3.63) is 28.2 Å². The molecule has 0 aliphatic rings. The maximum Gasteiger partial charge on any atom is 0.0385 e. The van der Waals surface area contributed by atoms with Crippen molar-refractivity contribution < 1.29 is 0 Å². The largest absolute Gasteiger partial charge is 0.388 e. The Bertz CT molecular complexity index is 286. The fourth-order valence-corrected chi connectivity index (χ4v) is 2.58. The molecule has 1 aromatic rings. The van der Waals surface area contributed by atoms with Crippen molar-refractivity contribution in [2.45, 2.75) is 6.16 Å². The Morgan fingerprint density at radius 3 is 2.62 bits per heavy atom. The number of rotatable bonds is 3. The maximum absolute atomic E-state index is 3.47. The van der Waals surface area contributed by atoms with Gasteiger partial charge in [0.2, 0.25) is 0 Å². The average Bonchev–Trinajstić information content (AvgIpc) is 2.07. The molecule has 0 aliphatic heterocycles. The standard InChI is InChI=1S/C10H15BrNP/c1-12-10-6-9(11)5-4-8(10)7-13(2)3/h4-6,12H,7H2,1-3H3. The molecule has 0 aromatic heterocycles. The molecule has 1 rings (SSSR count). The first-order valence-corrected chi connectivity index (χ1v) is 7.46. The van der Waals surface area contributed by atoms with E-state index >= 15 is 0 Å². The second-order valence-corrected chi connectivity index (χ2v) is 6.68. The molecular weight excluding hydrogens is 245 g/mol. The van der Waals surface area contributed by atoms with Crippen molar-refractivity contribution in [3.8, 4) is 0 Å². The van der Waals surface area contributed by atoms with Gasteiger partial charge in [-0.15, -0.1) is 7.92 Å². The molecule has 1 aromatic carbocycles. The van der Waals surface area contributed by atoms with Crippen LogP contribution in [0.3, 0.4) is 0 Å². The first-order chi connectivity index (χ1) is 6.13. The van der Waals surface area contributed by atoms with E-state index in [2.05, 4.69) is 52.8 Å². The van der Waals surface area contributed by atoms with Gasteiger partial charge in [-0.2, -0.15) is 0 Å². The lowest BCUT2D eigenvalue weighted by Crippen LogP contribution is -1.94. The molecule has 0 saturated carbocycles. The van der Waals surface area contributed by atoms with Gasteiger partial charge in [0.25, 0.3) is 0 Å². The predicted molar refractivity (Wildman–Crippen MR) is 66.2 cm³/mol. The van der Waals surface area contributed by atoms with Crippen molar-refractivity contribution in [1.82, 2.24) is 0 Å². The van der Waals surface area contributed by atoms with Gasteiger partial charge < -0.3 is 5.32 Å². The van der Waals surface area contributed by atoms with E-state index in [1.807, 2.05) is 7.05 Å². The Kier molecular flexibility index (Phi) is 4.21. The molecular formula is C10H15BrNP. The van der Waals surface area contributed by atoms with Crippen LogP contribution >= 0.6 is 23.9 Å². The first-order valence-electron chi connectivity index (χ1n) is 4.24. The summed E-state index contributed by atoms with van der Waals surface area (Å²) in [4.78, 5) is 0. The van der Waals surface area contributed by atoms with Crippen molar-refractivity contribution in [3.63, 3.8) is 0 Å². The van der Waals surface area contributed by atoms with Crippen LogP contribution in [-0.2, 0) is 6.16 Å². The molecule has 0 aliphatic carbocycles. The van der Waals surface area contributed by atoms with Gasteiger partial charge in [0, 0.05) is 17.2 Å². The molecule has 0 radical (unpaired) electrons. The van der Waals surface area contributed by atoms with Crippen LogP contribution in [0.2, 0.25) is 0 Å². The van der Waals surface area contributed by atoms with E-state index in [4.69, 9.17) is 0 Å². The van der Waals surface area contributed by atoms with E-state index in [0.717, 1.165) is 4.47 Å². The number of hydrogen-bond donors (Lipinski definition) is 1. The normalized spacial score (nSPS) is 10.5. The number of nitrogens with one attached hydrogen (secondary N) is 1. The third-order valence-electron chi connectivity index (χ3n) is 1.83. The number of halogens is 1. The van der Waals surface area contributed by atoms with Gasteiger partial charge in [0.05, 0.1) is 0 Å². The summed E-state index contributed by atoms with van der Waals surface area (Å²) in [5.41, 5.74) is 2.66. The molecule has 1 N–H and O–H groups in total. The maximum atomic E-state index is 3.47. The summed E-state index contributed by atoms with van der Waals surface area (Å²) in [6.45, 7) is 4.60. The zero-order valence-electron chi connectivity index (χ0n) is 8.26. The summed E-state index contributed by atoms with van der Waals surface area (Å²) in [5, 5.41) is 3.22. The minimum atomic E-state index is 0.136. The summed E-state index contributed by atoms with van der Waals surface area (Å²) in [6, 6.07) is 6.43. The molecule has 0 atom stereocenters. The van der Waals surface area contributed by atoms with Gasteiger partial charge in [0.1, 0.15) is 0 Å². The molecule has 0 saturated heterocycles. The quantitative estimate of drug-likeness (QED) is 0.816. The number of benzene rings is 1. The van der Waals surface area contributed by atoms with Gasteiger partial charge in [0.15, 0.2) is 0 Å². The highest BCUT2D eigenvalue weighted by atomic mass is 79.9. The average molecular weight is 260 g/mol. The van der Waals surface area contributed by atoms with Crippen molar-refractivity contribution in [1.29, 1.82) is 0 Å². The minimum absolute atomic E-state index is 0.136. The zero-order valence-corrected chi connectivity index (χ0v) is 10.7. The van der Waals surface area contributed by atoms with Gasteiger partial charge in [-0.3, -0.25) is 0 Å². The zero-order chi connectivity index (χ0) is 9.84. The molecule has 0 heterocycles. The Balaban J connectivity index is 2.92. The lowest BCUT2D eigenvalue weighted by molar-refractivity contribution is 1.35. The number of hydrogen-bond acceptors (Lipinski definition) is 1. The molecule has 0 fully saturated rings.